The Hall–Kier alpha value is -2.96. The molecule has 0 bridgehead atoms. The molecule has 2 nitrogen and oxygen atoms in total. The topological polar surface area (TPSA) is 44.0 Å². The van der Waals surface area contributed by atoms with E-state index < -0.39 is 6.10 Å². The molecule has 0 heterocycles. The first-order valence-electron chi connectivity index (χ1n) is 13.2. The number of rotatable bonds is 10. The molecule has 0 aliphatic heterocycles. The zero-order valence-corrected chi connectivity index (χ0v) is 22.6. The van der Waals surface area contributed by atoms with Crippen LogP contribution in [0.4, 0.5) is 4.39 Å². The molecule has 0 aliphatic rings. The van der Waals surface area contributed by atoms with Gasteiger partial charge in [-0.25, -0.2) is 4.39 Å². The number of hydrogen-bond acceptors (Lipinski definition) is 2. The van der Waals surface area contributed by atoms with E-state index in [4.69, 9.17) is 0 Å². The minimum Gasteiger partial charge on any atom is -0.389 e. The first kappa shape index (κ1) is 27.6. The van der Waals surface area contributed by atoms with Crippen molar-refractivity contribution in [2.45, 2.75) is 90.6 Å². The number of hydrogen-bond donors (Lipinski definition) is 1. The fraction of sp³-hybridized carbons (Fsp3) is 0.424. The molecule has 3 aromatic rings. The molecule has 1 N–H and O–H groups in total. The van der Waals surface area contributed by atoms with E-state index in [1.807, 2.05) is 31.2 Å². The van der Waals surface area contributed by atoms with Crippen molar-refractivity contribution in [3.05, 3.63) is 105 Å². The molecule has 3 rings (SSSR count). The van der Waals surface area contributed by atoms with Crippen molar-refractivity contribution in [1.82, 2.24) is 0 Å². The van der Waals surface area contributed by atoms with Crippen molar-refractivity contribution >= 4 is 0 Å². The predicted molar refractivity (Wildman–Crippen MR) is 147 cm³/mol. The van der Waals surface area contributed by atoms with Gasteiger partial charge in [-0.05, 0) is 108 Å². The Morgan fingerprint density at radius 2 is 1.44 bits per heavy atom. The summed E-state index contributed by atoms with van der Waals surface area (Å²) < 4.78 is 14.5. The summed E-state index contributed by atoms with van der Waals surface area (Å²) in [5, 5.41) is 19.7. The number of aliphatic hydroxyl groups excluding tert-OH is 1. The Bertz CT molecular complexity index is 1200. The summed E-state index contributed by atoms with van der Waals surface area (Å²) in [6.07, 6.45) is 2.08. The fourth-order valence-corrected chi connectivity index (χ4v) is 5.25. The van der Waals surface area contributed by atoms with Crippen LogP contribution in [-0.4, -0.2) is 5.11 Å². The average Bonchev–Trinajstić information content (AvgIpc) is 2.85. The van der Waals surface area contributed by atoms with Crippen LogP contribution >= 0.6 is 0 Å². The van der Waals surface area contributed by atoms with Crippen molar-refractivity contribution < 1.29 is 9.50 Å². The maximum absolute atomic E-state index is 14.5. The summed E-state index contributed by atoms with van der Waals surface area (Å²) in [6, 6.07) is 21.7. The van der Waals surface area contributed by atoms with Crippen LogP contribution in [0.25, 0.3) is 0 Å². The van der Waals surface area contributed by atoms with Gasteiger partial charge in [0, 0.05) is 0 Å². The SMILES string of the molecule is CC(C)c1ccc(CC(CCC(C)c2cccc(C#N)c2)c2cc(F)ccc2C(C)C)cc1C(C)O. The summed E-state index contributed by atoms with van der Waals surface area (Å²) in [4.78, 5) is 0. The van der Waals surface area contributed by atoms with Gasteiger partial charge in [0.2, 0.25) is 0 Å². The van der Waals surface area contributed by atoms with E-state index in [1.54, 1.807) is 12.1 Å². The number of aliphatic hydroxyl groups is 1. The molecule has 190 valence electrons. The molecule has 0 spiro atoms. The highest BCUT2D eigenvalue weighted by Gasteiger charge is 2.21. The van der Waals surface area contributed by atoms with Crippen LogP contribution in [0.2, 0.25) is 0 Å². The Balaban J connectivity index is 1.96. The first-order chi connectivity index (χ1) is 17.1. The maximum Gasteiger partial charge on any atom is 0.123 e. The summed E-state index contributed by atoms with van der Waals surface area (Å²) in [5.41, 5.74) is 7.42. The predicted octanol–water partition coefficient (Wildman–Crippen LogP) is 8.91. The second-order valence-electron chi connectivity index (χ2n) is 10.8. The number of nitriles is 1. The lowest BCUT2D eigenvalue weighted by molar-refractivity contribution is 0.197. The Morgan fingerprint density at radius 3 is 2.08 bits per heavy atom. The molecule has 0 amide bonds. The molecule has 36 heavy (non-hydrogen) atoms. The molecule has 0 radical (unpaired) electrons. The van der Waals surface area contributed by atoms with Gasteiger partial charge < -0.3 is 5.11 Å². The van der Waals surface area contributed by atoms with Gasteiger partial charge >= 0.3 is 0 Å². The van der Waals surface area contributed by atoms with Crippen LogP contribution in [0.3, 0.4) is 0 Å². The lowest BCUT2D eigenvalue weighted by Gasteiger charge is -2.25. The summed E-state index contributed by atoms with van der Waals surface area (Å²) in [6.45, 7) is 12.6. The second-order valence-corrected chi connectivity index (χ2v) is 10.8. The van der Waals surface area contributed by atoms with Gasteiger partial charge in [-0.15, -0.1) is 0 Å². The summed E-state index contributed by atoms with van der Waals surface area (Å²) >= 11 is 0. The lowest BCUT2D eigenvalue weighted by atomic mass is 9.80. The van der Waals surface area contributed by atoms with E-state index in [2.05, 4.69) is 65.0 Å². The molecular weight excluding hydrogens is 445 g/mol. The zero-order chi connectivity index (χ0) is 26.4. The third kappa shape index (κ3) is 6.83. The quantitative estimate of drug-likeness (QED) is 0.311. The van der Waals surface area contributed by atoms with Crippen LogP contribution in [0.5, 0.6) is 0 Å². The van der Waals surface area contributed by atoms with Crippen LogP contribution in [0.15, 0.2) is 60.7 Å². The normalized spacial score (nSPS) is 14.0. The van der Waals surface area contributed by atoms with Gasteiger partial charge in [0.05, 0.1) is 17.7 Å². The summed E-state index contributed by atoms with van der Waals surface area (Å²) in [5.74, 6) is 0.859. The summed E-state index contributed by atoms with van der Waals surface area (Å²) in [7, 11) is 0. The lowest BCUT2D eigenvalue weighted by Crippen LogP contribution is -2.11. The van der Waals surface area contributed by atoms with Crippen molar-refractivity contribution in [2.75, 3.05) is 0 Å². The van der Waals surface area contributed by atoms with Gasteiger partial charge in [-0.1, -0.05) is 71.0 Å². The maximum atomic E-state index is 14.5. The standard InChI is InChI=1S/C33H40FNO/c1-21(2)30-14-11-25(18-32(30)24(6)36)16-28(33-19-29(34)13-15-31(33)22(3)4)12-10-23(5)27-9-7-8-26(17-27)20-35/h7-9,11,13-15,17-19,21-24,28,36H,10,12,16H2,1-6H3. The van der Waals surface area contributed by atoms with Gasteiger partial charge in [0.1, 0.15) is 5.82 Å². The van der Waals surface area contributed by atoms with Crippen LogP contribution in [0, 0.1) is 17.1 Å². The first-order valence-corrected chi connectivity index (χ1v) is 13.2. The zero-order valence-electron chi connectivity index (χ0n) is 22.6. The van der Waals surface area contributed by atoms with Gasteiger partial charge in [-0.3, -0.25) is 0 Å². The van der Waals surface area contributed by atoms with Crippen molar-refractivity contribution in [3.63, 3.8) is 0 Å². The highest BCUT2D eigenvalue weighted by molar-refractivity contribution is 5.39. The minimum absolute atomic E-state index is 0.145. The Labute approximate surface area is 216 Å². The van der Waals surface area contributed by atoms with E-state index in [0.29, 0.717) is 17.4 Å². The molecule has 0 aromatic heterocycles. The van der Waals surface area contributed by atoms with E-state index >= 15 is 0 Å². The van der Waals surface area contributed by atoms with Crippen molar-refractivity contribution in [3.8, 4) is 6.07 Å². The van der Waals surface area contributed by atoms with Gasteiger partial charge in [-0.2, -0.15) is 5.26 Å². The van der Waals surface area contributed by atoms with Gasteiger partial charge in [0.15, 0.2) is 0 Å². The largest absolute Gasteiger partial charge is 0.389 e. The third-order valence-corrected chi connectivity index (χ3v) is 7.35. The monoisotopic (exact) mass is 485 g/mol. The van der Waals surface area contributed by atoms with E-state index in [9.17, 15) is 14.8 Å². The van der Waals surface area contributed by atoms with E-state index in [-0.39, 0.29) is 17.7 Å². The molecule has 0 aliphatic carbocycles. The second kappa shape index (κ2) is 12.3. The number of benzene rings is 3. The molecule has 3 aromatic carbocycles. The minimum atomic E-state index is -0.534. The Kier molecular flexibility index (Phi) is 9.46. The fourth-order valence-electron chi connectivity index (χ4n) is 5.25. The van der Waals surface area contributed by atoms with E-state index in [1.165, 1.54) is 16.7 Å². The molecule has 3 atom stereocenters. The highest BCUT2D eigenvalue weighted by Crippen LogP contribution is 2.36. The molecule has 0 fully saturated rings. The number of halogens is 1. The number of nitrogens with zero attached hydrogens (tertiary/aromatic N) is 1. The average molecular weight is 486 g/mol. The molecule has 3 heteroatoms. The van der Waals surface area contributed by atoms with Gasteiger partial charge in [0.25, 0.3) is 0 Å². The van der Waals surface area contributed by atoms with E-state index in [0.717, 1.165) is 36.0 Å². The molecular formula is C33H40FNO. The van der Waals surface area contributed by atoms with Crippen LogP contribution < -0.4 is 0 Å². The van der Waals surface area contributed by atoms with Crippen LogP contribution in [0.1, 0.15) is 123 Å². The molecule has 0 saturated carbocycles. The van der Waals surface area contributed by atoms with Crippen LogP contribution in [-0.2, 0) is 6.42 Å². The third-order valence-electron chi connectivity index (χ3n) is 7.35. The Morgan fingerprint density at radius 1 is 0.778 bits per heavy atom. The van der Waals surface area contributed by atoms with Crippen molar-refractivity contribution in [1.29, 1.82) is 5.26 Å². The highest BCUT2D eigenvalue weighted by atomic mass is 19.1. The smallest absolute Gasteiger partial charge is 0.123 e. The van der Waals surface area contributed by atoms with Crippen molar-refractivity contribution in [2.24, 2.45) is 0 Å². The molecule has 0 saturated heterocycles. The molecule has 3 unspecified atom stereocenters.